The van der Waals surface area contributed by atoms with Crippen molar-refractivity contribution in [2.75, 3.05) is 21.3 Å². The molecular formula is C9H14O3S2Si. The first-order chi connectivity index (χ1) is 7.11. The summed E-state index contributed by atoms with van der Waals surface area (Å²) in [4.78, 5) is 1.51. The van der Waals surface area contributed by atoms with E-state index in [0.29, 0.717) is 0 Å². The van der Waals surface area contributed by atoms with Crippen LogP contribution in [0.4, 0.5) is 0 Å². The lowest BCUT2D eigenvalue weighted by molar-refractivity contribution is 0.139. The van der Waals surface area contributed by atoms with Crippen molar-refractivity contribution in [1.29, 1.82) is 0 Å². The molecular weight excluding hydrogens is 248 g/mol. The predicted molar refractivity (Wildman–Crippen MR) is 67.4 cm³/mol. The average Bonchev–Trinajstić information content (AvgIpc) is 2.27. The smallest absolute Gasteiger partial charge is 0.373 e. The highest BCUT2D eigenvalue weighted by molar-refractivity contribution is 7.83. The molecule has 0 heterocycles. The Hall–Kier alpha value is 0.0169. The monoisotopic (exact) mass is 262 g/mol. The normalized spacial score (nSPS) is 11.8. The number of hydrogen-bond acceptors (Lipinski definition) is 5. The Bertz CT molecular complexity index is 334. The van der Waals surface area contributed by atoms with E-state index in [1.165, 1.54) is 0 Å². The van der Waals surface area contributed by atoms with Crippen LogP contribution in [0, 0.1) is 0 Å². The van der Waals surface area contributed by atoms with Crippen LogP contribution in [-0.4, -0.2) is 30.1 Å². The number of benzene rings is 1. The lowest BCUT2D eigenvalue weighted by Crippen LogP contribution is -2.55. The van der Waals surface area contributed by atoms with Crippen molar-refractivity contribution in [1.82, 2.24) is 0 Å². The van der Waals surface area contributed by atoms with Crippen LogP contribution in [0.3, 0.4) is 0 Å². The molecule has 0 amide bonds. The highest BCUT2D eigenvalue weighted by Crippen LogP contribution is 2.19. The van der Waals surface area contributed by atoms with E-state index in [2.05, 4.69) is 25.3 Å². The highest BCUT2D eigenvalue weighted by Gasteiger charge is 2.42. The van der Waals surface area contributed by atoms with E-state index in [1.807, 2.05) is 18.2 Å². The molecule has 0 unspecified atom stereocenters. The van der Waals surface area contributed by atoms with Gasteiger partial charge in [0, 0.05) is 36.3 Å². The van der Waals surface area contributed by atoms with Crippen molar-refractivity contribution >= 4 is 39.2 Å². The Kier molecular flexibility index (Phi) is 4.69. The fraction of sp³-hybridized carbons (Fsp3) is 0.333. The molecule has 0 saturated heterocycles. The van der Waals surface area contributed by atoms with Gasteiger partial charge in [0.25, 0.3) is 0 Å². The van der Waals surface area contributed by atoms with Crippen LogP contribution in [0.25, 0.3) is 0 Å². The van der Waals surface area contributed by atoms with Gasteiger partial charge in [-0.05, 0) is 6.07 Å². The van der Waals surface area contributed by atoms with E-state index in [-0.39, 0.29) is 0 Å². The molecule has 0 aliphatic rings. The summed E-state index contributed by atoms with van der Waals surface area (Å²) in [5.74, 6) is 0. The van der Waals surface area contributed by atoms with Gasteiger partial charge in [0.2, 0.25) is 0 Å². The summed E-state index contributed by atoms with van der Waals surface area (Å²) < 4.78 is 16.1. The van der Waals surface area contributed by atoms with Crippen LogP contribution in [0.2, 0.25) is 0 Å². The Balaban J connectivity index is 3.28. The number of thiol groups is 2. The molecule has 0 radical (unpaired) electrons. The van der Waals surface area contributed by atoms with Gasteiger partial charge in [-0.1, -0.05) is 12.1 Å². The van der Waals surface area contributed by atoms with Crippen LogP contribution in [0.5, 0.6) is 0 Å². The van der Waals surface area contributed by atoms with E-state index in [1.54, 1.807) is 21.3 Å². The second-order valence-electron chi connectivity index (χ2n) is 2.84. The van der Waals surface area contributed by atoms with Gasteiger partial charge in [-0.3, -0.25) is 0 Å². The van der Waals surface area contributed by atoms with Crippen LogP contribution in [-0.2, 0) is 13.3 Å². The number of rotatable bonds is 4. The van der Waals surface area contributed by atoms with Gasteiger partial charge in [-0.15, -0.1) is 25.3 Å². The van der Waals surface area contributed by atoms with Gasteiger partial charge >= 0.3 is 8.80 Å². The molecule has 1 aromatic carbocycles. The van der Waals surface area contributed by atoms with Crippen LogP contribution in [0.15, 0.2) is 28.0 Å². The Morgan fingerprint density at radius 3 is 2.00 bits per heavy atom. The molecule has 3 nitrogen and oxygen atoms in total. The third-order valence-corrected chi connectivity index (χ3v) is 6.08. The van der Waals surface area contributed by atoms with Gasteiger partial charge < -0.3 is 13.3 Å². The maximum absolute atomic E-state index is 5.37. The topological polar surface area (TPSA) is 27.7 Å². The van der Waals surface area contributed by atoms with Gasteiger partial charge in [-0.2, -0.15) is 0 Å². The molecule has 0 bridgehead atoms. The SMILES string of the molecule is CO[Si](OC)(OC)c1cccc(S)c1S. The van der Waals surface area contributed by atoms with E-state index in [9.17, 15) is 0 Å². The second kappa shape index (κ2) is 5.38. The first-order valence-electron chi connectivity index (χ1n) is 4.28. The van der Waals surface area contributed by atoms with Crippen LogP contribution in [0.1, 0.15) is 0 Å². The van der Waals surface area contributed by atoms with Crippen molar-refractivity contribution in [3.8, 4) is 0 Å². The van der Waals surface area contributed by atoms with Gasteiger partial charge in [0.15, 0.2) is 0 Å². The van der Waals surface area contributed by atoms with Crippen molar-refractivity contribution < 1.29 is 13.3 Å². The molecule has 0 N–H and O–H groups in total. The minimum Gasteiger partial charge on any atom is -0.373 e. The van der Waals surface area contributed by atoms with Gasteiger partial charge in [0.05, 0.1) is 0 Å². The predicted octanol–water partition coefficient (Wildman–Crippen LogP) is 1.35. The minimum atomic E-state index is -2.79. The van der Waals surface area contributed by atoms with Crippen molar-refractivity contribution in [3.05, 3.63) is 18.2 Å². The molecule has 0 aliphatic heterocycles. The summed E-state index contributed by atoms with van der Waals surface area (Å²) in [7, 11) is 1.91. The van der Waals surface area contributed by atoms with E-state index < -0.39 is 8.80 Å². The molecule has 0 fully saturated rings. The van der Waals surface area contributed by atoms with Crippen molar-refractivity contribution in [2.24, 2.45) is 0 Å². The lowest BCUT2D eigenvalue weighted by atomic mass is 10.4. The van der Waals surface area contributed by atoms with E-state index in [4.69, 9.17) is 13.3 Å². The summed E-state index contributed by atoms with van der Waals surface area (Å²) in [5.41, 5.74) is 0. The zero-order valence-electron chi connectivity index (χ0n) is 8.85. The molecule has 1 aromatic rings. The van der Waals surface area contributed by atoms with E-state index >= 15 is 0 Å². The molecule has 1 rings (SSSR count). The lowest BCUT2D eigenvalue weighted by Gasteiger charge is -2.25. The molecule has 0 spiro atoms. The Morgan fingerprint density at radius 2 is 1.53 bits per heavy atom. The third kappa shape index (κ3) is 2.40. The largest absolute Gasteiger partial charge is 0.537 e. The zero-order valence-corrected chi connectivity index (χ0v) is 11.6. The fourth-order valence-corrected chi connectivity index (χ4v) is 4.11. The summed E-state index contributed by atoms with van der Waals surface area (Å²) in [6.07, 6.45) is 0. The van der Waals surface area contributed by atoms with Crippen LogP contribution < -0.4 is 5.19 Å². The van der Waals surface area contributed by atoms with Crippen molar-refractivity contribution in [3.63, 3.8) is 0 Å². The molecule has 6 heteroatoms. The first-order valence-corrected chi connectivity index (χ1v) is 6.90. The van der Waals surface area contributed by atoms with Gasteiger partial charge in [0.1, 0.15) is 0 Å². The minimum absolute atomic E-state index is 0.734. The quantitative estimate of drug-likeness (QED) is 0.634. The van der Waals surface area contributed by atoms with E-state index in [0.717, 1.165) is 15.0 Å². The number of hydrogen-bond donors (Lipinski definition) is 2. The van der Waals surface area contributed by atoms with Crippen molar-refractivity contribution in [2.45, 2.75) is 9.79 Å². The van der Waals surface area contributed by atoms with Gasteiger partial charge in [-0.25, -0.2) is 0 Å². The standard InChI is InChI=1S/C9H14O3S2Si/c1-10-15(11-2,12-3)8-6-4-5-7(13)9(8)14/h4-6,13-14H,1-3H3. The maximum Gasteiger partial charge on any atom is 0.537 e. The molecule has 0 saturated carbocycles. The highest BCUT2D eigenvalue weighted by atomic mass is 32.1. The first kappa shape index (κ1) is 13.1. The van der Waals surface area contributed by atoms with Crippen LogP contribution >= 0.6 is 25.3 Å². The molecule has 0 aliphatic carbocycles. The second-order valence-corrected chi connectivity index (χ2v) is 6.65. The summed E-state index contributed by atoms with van der Waals surface area (Å²) in [6.45, 7) is 0. The molecule has 0 atom stereocenters. The Morgan fingerprint density at radius 1 is 1.00 bits per heavy atom. The average molecular weight is 262 g/mol. The molecule has 0 aromatic heterocycles. The molecule has 15 heavy (non-hydrogen) atoms. The molecule has 84 valence electrons. The maximum atomic E-state index is 5.37. The third-order valence-electron chi connectivity index (χ3n) is 2.15. The fourth-order valence-electron chi connectivity index (χ4n) is 1.36. The zero-order chi connectivity index (χ0) is 11.5. The Labute approximate surface area is 102 Å². The summed E-state index contributed by atoms with van der Waals surface area (Å²) in [6, 6.07) is 5.61. The summed E-state index contributed by atoms with van der Waals surface area (Å²) >= 11 is 8.68. The summed E-state index contributed by atoms with van der Waals surface area (Å²) in [5, 5.41) is 0.825.